The van der Waals surface area contributed by atoms with Gasteiger partial charge in [-0.1, -0.05) is 328 Å². The lowest BCUT2D eigenvalue weighted by Crippen LogP contribution is -2.10. The van der Waals surface area contributed by atoms with Crippen molar-refractivity contribution in [2.45, 2.75) is 0 Å². The van der Waals surface area contributed by atoms with E-state index < -0.39 is 0 Å². The fourth-order valence-electron chi connectivity index (χ4n) is 15.2. The lowest BCUT2D eigenvalue weighted by atomic mass is 9.89. The van der Waals surface area contributed by atoms with E-state index in [4.69, 9.17) is 8.75 Å². The largest absolute Gasteiger partial charge is 0.309 e. The van der Waals surface area contributed by atoms with Crippen molar-refractivity contribution in [2.24, 2.45) is 0 Å². The van der Waals surface area contributed by atoms with Crippen LogP contribution in [0.4, 0.5) is 17.1 Å². The van der Waals surface area contributed by atoms with Crippen LogP contribution in [-0.4, -0.2) is 13.3 Å². The molecule has 2 heterocycles. The van der Waals surface area contributed by atoms with Gasteiger partial charge in [-0.25, -0.2) is 0 Å². The Labute approximate surface area is 637 Å². The number of nitrogens with zero attached hydrogens (tertiary/aromatic N) is 6. The lowest BCUT2D eigenvalue weighted by molar-refractivity contribution is 1.18. The van der Waals surface area contributed by atoms with Gasteiger partial charge in [0.1, 0.15) is 23.2 Å². The van der Waals surface area contributed by atoms with Crippen molar-refractivity contribution in [3.8, 4) is 95.7 Å². The summed E-state index contributed by atoms with van der Waals surface area (Å²) in [5, 5.41) is 24.0. The van der Waals surface area contributed by atoms with Crippen LogP contribution in [0.1, 0.15) is 33.4 Å². The average Bonchev–Trinajstić information content (AvgIpc) is 1.60. The first-order valence-electron chi connectivity index (χ1n) is 36.5. The molecule has 16 aromatic carbocycles. The molecule has 0 aliphatic carbocycles. The van der Waals surface area contributed by atoms with Gasteiger partial charge in [0, 0.05) is 44.5 Å². The van der Waals surface area contributed by atoms with Gasteiger partial charge in [0.2, 0.25) is 0 Å². The number of benzene rings is 16. The maximum Gasteiger partial charge on any atom is 0.129 e. The Balaban J connectivity index is 0.698. The Hall–Kier alpha value is -14.6. The van der Waals surface area contributed by atoms with Crippen molar-refractivity contribution in [3.63, 3.8) is 0 Å². The van der Waals surface area contributed by atoms with E-state index in [9.17, 15) is 10.5 Å². The number of fused-ring (bicyclic) bond motifs is 4. The van der Waals surface area contributed by atoms with Gasteiger partial charge in [0.25, 0.3) is 0 Å². The van der Waals surface area contributed by atoms with Gasteiger partial charge < -0.3 is 9.47 Å². The maximum absolute atomic E-state index is 10.8. The van der Waals surface area contributed by atoms with Gasteiger partial charge in [-0.3, -0.25) is 0 Å². The van der Waals surface area contributed by atoms with Crippen LogP contribution in [0.15, 0.2) is 400 Å². The van der Waals surface area contributed by atoms with Crippen molar-refractivity contribution < 1.29 is 0 Å². The number of hydrogen-bond donors (Lipinski definition) is 0. The predicted octanol–water partition coefficient (Wildman–Crippen LogP) is 26.9. The molecule has 0 saturated heterocycles. The van der Waals surface area contributed by atoms with E-state index in [0.717, 1.165) is 145 Å². The topological polar surface area (TPSA) is 81.5 Å². The second-order valence-corrected chi connectivity index (χ2v) is 27.6. The van der Waals surface area contributed by atoms with E-state index in [0.29, 0.717) is 11.1 Å². The number of aromatic nitrogens is 3. The molecule has 109 heavy (non-hydrogen) atoms. The number of rotatable bonds is 17. The molecule has 0 bridgehead atoms. The minimum atomic E-state index is 0.609. The van der Waals surface area contributed by atoms with Crippen molar-refractivity contribution in [1.29, 1.82) is 10.5 Å². The zero-order valence-corrected chi connectivity index (χ0v) is 60.0. The van der Waals surface area contributed by atoms with E-state index in [1.165, 1.54) is 44.8 Å². The first-order valence-corrected chi connectivity index (χ1v) is 37.2. The number of allylic oxidation sites excluding steroid dienone is 2. The molecule has 0 unspecified atom stereocenters. The quantitative estimate of drug-likeness (QED) is 0.0670. The summed E-state index contributed by atoms with van der Waals surface area (Å²) in [6.07, 6.45) is 0. The predicted molar refractivity (Wildman–Crippen MR) is 453 cm³/mol. The smallest absolute Gasteiger partial charge is 0.129 e. The van der Waals surface area contributed by atoms with Crippen LogP contribution in [-0.2, 0) is 0 Å². The van der Waals surface area contributed by atoms with Crippen LogP contribution >= 0.6 is 11.7 Å². The highest BCUT2D eigenvalue weighted by Crippen LogP contribution is 2.45. The molecule has 7 heteroatoms. The molecule has 0 fully saturated rings. The maximum atomic E-state index is 10.8. The summed E-state index contributed by atoms with van der Waals surface area (Å²) in [4.78, 5) is 2.27. The normalized spacial score (nSPS) is 11.1. The van der Waals surface area contributed by atoms with E-state index in [2.05, 4.69) is 349 Å². The SMILES string of the molecule is N#CC(=C(c1ccccc1)c1ccccc1)c1ccc(-c2ccc(N(c3ccc(-c4ccc(C(C#N)=C(c5ccccc5)c5ccccc5)cc4)cc3)c3ccc(-c4ccc(-n5c6ccc(-c7ccc(-c8ccccc8)cc7)cc6c6cc(-c7ccc(-c8ccccc8)cc7)ccc65)cc4)c4nsnc34)cc2)cc1. The van der Waals surface area contributed by atoms with Gasteiger partial charge in [-0.15, -0.1) is 0 Å². The molecule has 0 amide bonds. The van der Waals surface area contributed by atoms with Crippen LogP contribution < -0.4 is 4.90 Å². The van der Waals surface area contributed by atoms with Gasteiger partial charge in [0.05, 0.1) is 39.6 Å². The van der Waals surface area contributed by atoms with Gasteiger partial charge in [-0.05, 0) is 179 Å². The molecule has 0 N–H and O–H groups in total. The number of anilines is 3. The third kappa shape index (κ3) is 13.1. The molecule has 0 spiro atoms. The fraction of sp³-hybridized carbons (Fsp3) is 0. The molecular weight excluding hydrogens is 1340 g/mol. The number of hydrogen-bond acceptors (Lipinski definition) is 6. The van der Waals surface area contributed by atoms with E-state index >= 15 is 0 Å². The van der Waals surface area contributed by atoms with Crippen molar-refractivity contribution in [2.75, 3.05) is 4.90 Å². The van der Waals surface area contributed by atoms with Crippen molar-refractivity contribution >= 4 is 83.9 Å². The first-order chi connectivity index (χ1) is 54.0. The Kier molecular flexibility index (Phi) is 18.0. The highest BCUT2D eigenvalue weighted by Gasteiger charge is 2.24. The summed E-state index contributed by atoms with van der Waals surface area (Å²) in [5.74, 6) is 0. The highest BCUT2D eigenvalue weighted by atomic mass is 32.1. The van der Waals surface area contributed by atoms with Crippen molar-refractivity contribution in [3.05, 3.63) is 434 Å². The summed E-state index contributed by atoms with van der Waals surface area (Å²) >= 11 is 1.21. The summed E-state index contributed by atoms with van der Waals surface area (Å²) in [5.41, 5.74) is 31.8. The zero-order valence-electron chi connectivity index (χ0n) is 59.2. The third-order valence-corrected chi connectivity index (χ3v) is 21.3. The summed E-state index contributed by atoms with van der Waals surface area (Å²) in [6, 6.07) is 146. The molecule has 0 radical (unpaired) electrons. The molecule has 18 rings (SSSR count). The van der Waals surface area contributed by atoms with Crippen LogP contribution in [0.5, 0.6) is 0 Å². The molecule has 0 saturated carbocycles. The van der Waals surface area contributed by atoms with Gasteiger partial charge in [0.15, 0.2) is 0 Å². The van der Waals surface area contributed by atoms with Crippen LogP contribution in [0.25, 0.3) is 139 Å². The minimum absolute atomic E-state index is 0.609. The zero-order chi connectivity index (χ0) is 73.0. The van der Waals surface area contributed by atoms with Crippen molar-refractivity contribution in [1.82, 2.24) is 13.3 Å². The van der Waals surface area contributed by atoms with Crippen LogP contribution in [0, 0.1) is 22.7 Å². The van der Waals surface area contributed by atoms with Crippen LogP contribution in [0.2, 0.25) is 0 Å². The second kappa shape index (κ2) is 29.5. The Morgan fingerprint density at radius 3 is 0.917 bits per heavy atom. The Bertz CT molecular complexity index is 6060. The molecular formula is C102H66N6S. The monoisotopic (exact) mass is 1410 g/mol. The van der Waals surface area contributed by atoms with E-state index in [-0.39, 0.29) is 0 Å². The Morgan fingerprint density at radius 1 is 0.266 bits per heavy atom. The molecule has 0 aliphatic heterocycles. The molecule has 6 nitrogen and oxygen atoms in total. The summed E-state index contributed by atoms with van der Waals surface area (Å²) in [6.45, 7) is 0. The standard InChI is InChI=1S/C102H66N6S/c103-67-94(99(82-23-11-3-12-24-82)83-25-13-4-14-26-83)80-43-39-73(40-44-80)75-47-55-88(56-48-75)107(89-57-49-76(50-58-89)74-41-45-81(46-42-74)95(68-104)100(84-27-15-5-16-28-84)85-29-17-6-18-30-85)98-64-61-91(101-102(98)106-109-105-101)79-51-59-90(60-52-79)108-96-62-53-86(77-35-31-71(32-36-77)69-19-7-1-8-20-69)65-92(96)93-66-87(54-63-97(93)108)78-37-33-72(34-38-78)70-21-9-2-10-22-70/h1-66H. The molecule has 510 valence electrons. The fourth-order valence-corrected chi connectivity index (χ4v) is 15.8. The number of nitriles is 2. The van der Waals surface area contributed by atoms with Gasteiger partial charge in [-0.2, -0.15) is 19.3 Å². The Morgan fingerprint density at radius 2 is 0.560 bits per heavy atom. The lowest BCUT2D eigenvalue weighted by Gasteiger charge is -2.26. The summed E-state index contributed by atoms with van der Waals surface area (Å²) < 4.78 is 12.6. The van der Waals surface area contributed by atoms with E-state index in [1.54, 1.807) is 0 Å². The minimum Gasteiger partial charge on any atom is -0.309 e. The molecule has 18 aromatic rings. The van der Waals surface area contributed by atoms with E-state index in [1.807, 2.05) is 72.8 Å². The van der Waals surface area contributed by atoms with Crippen LogP contribution in [0.3, 0.4) is 0 Å². The second-order valence-electron chi connectivity index (χ2n) is 27.1. The molecule has 0 atom stereocenters. The van der Waals surface area contributed by atoms with Gasteiger partial charge >= 0.3 is 0 Å². The average molecular weight is 1410 g/mol. The third-order valence-electron chi connectivity index (χ3n) is 20.7. The first kappa shape index (κ1) is 66.4. The summed E-state index contributed by atoms with van der Waals surface area (Å²) in [7, 11) is 0. The molecule has 0 aliphatic rings. The molecule has 2 aromatic heterocycles. The highest BCUT2D eigenvalue weighted by molar-refractivity contribution is 7.00.